The molecule has 3 N–H and O–H groups in total. The van der Waals surface area contributed by atoms with Gasteiger partial charge in [-0.15, -0.1) is 0 Å². The molecule has 0 saturated heterocycles. The number of halogens is 3. The van der Waals surface area contributed by atoms with Gasteiger partial charge in [-0.05, 0) is 55.7 Å². The van der Waals surface area contributed by atoms with E-state index < -0.39 is 17.6 Å². The van der Waals surface area contributed by atoms with Crippen LogP contribution in [0, 0.1) is 6.92 Å². The summed E-state index contributed by atoms with van der Waals surface area (Å²) in [5, 5.41) is 13.0. The van der Waals surface area contributed by atoms with E-state index in [0.29, 0.717) is 34.9 Å². The number of aromatic amines is 1. The summed E-state index contributed by atoms with van der Waals surface area (Å²) in [7, 11) is 0. The van der Waals surface area contributed by atoms with Crippen molar-refractivity contribution in [2.45, 2.75) is 32.0 Å². The van der Waals surface area contributed by atoms with Gasteiger partial charge >= 0.3 is 6.18 Å². The van der Waals surface area contributed by atoms with Crippen molar-refractivity contribution in [2.75, 3.05) is 15.5 Å². The van der Waals surface area contributed by atoms with E-state index in [0.717, 1.165) is 30.5 Å². The Morgan fingerprint density at radius 2 is 1.92 bits per heavy atom. The fourth-order valence-corrected chi connectivity index (χ4v) is 3.70. The van der Waals surface area contributed by atoms with Crippen molar-refractivity contribution >= 4 is 34.7 Å². The predicted molar refractivity (Wildman–Crippen MR) is 130 cm³/mol. The molecule has 1 aliphatic carbocycles. The Hall–Kier alpha value is -4.41. The van der Waals surface area contributed by atoms with Gasteiger partial charge in [0, 0.05) is 29.4 Å². The molecule has 1 fully saturated rings. The van der Waals surface area contributed by atoms with E-state index in [1.54, 1.807) is 24.4 Å². The van der Waals surface area contributed by atoms with Gasteiger partial charge in [0.1, 0.15) is 23.8 Å². The van der Waals surface area contributed by atoms with Crippen molar-refractivity contribution in [3.05, 3.63) is 83.8 Å². The molecule has 1 saturated carbocycles. The van der Waals surface area contributed by atoms with Crippen LogP contribution in [-0.4, -0.2) is 32.1 Å². The van der Waals surface area contributed by atoms with Crippen LogP contribution in [0.3, 0.4) is 0 Å². The van der Waals surface area contributed by atoms with Crippen molar-refractivity contribution < 1.29 is 18.0 Å². The molecule has 2 aromatic carbocycles. The van der Waals surface area contributed by atoms with Gasteiger partial charge in [0.25, 0.3) is 5.91 Å². The summed E-state index contributed by atoms with van der Waals surface area (Å²) in [6.07, 6.45) is 0.731. The van der Waals surface area contributed by atoms with Gasteiger partial charge < -0.3 is 10.6 Å². The molecule has 184 valence electrons. The highest BCUT2D eigenvalue weighted by molar-refractivity contribution is 6.04. The van der Waals surface area contributed by atoms with Gasteiger partial charge in [-0.1, -0.05) is 12.1 Å². The van der Waals surface area contributed by atoms with E-state index in [4.69, 9.17) is 0 Å². The topological polar surface area (TPSA) is 98.8 Å². The van der Waals surface area contributed by atoms with E-state index in [9.17, 15) is 18.0 Å². The van der Waals surface area contributed by atoms with Crippen LogP contribution in [0.25, 0.3) is 0 Å². The van der Waals surface area contributed by atoms with Gasteiger partial charge in [0.2, 0.25) is 0 Å². The Morgan fingerprint density at radius 3 is 2.64 bits per heavy atom. The highest BCUT2D eigenvalue weighted by atomic mass is 19.4. The molecule has 2 heterocycles. The van der Waals surface area contributed by atoms with Crippen LogP contribution < -0.4 is 15.5 Å². The van der Waals surface area contributed by atoms with Crippen molar-refractivity contribution in [1.82, 2.24) is 20.2 Å². The third kappa shape index (κ3) is 5.14. The minimum Gasteiger partial charge on any atom is -0.367 e. The first-order valence-electron chi connectivity index (χ1n) is 11.3. The number of benzene rings is 2. The maximum absolute atomic E-state index is 13.1. The van der Waals surface area contributed by atoms with Crippen LogP contribution in [0.15, 0.2) is 67.1 Å². The molecule has 0 bridgehead atoms. The molecule has 1 amide bonds. The lowest BCUT2D eigenvalue weighted by Crippen LogP contribution is -2.16. The van der Waals surface area contributed by atoms with Gasteiger partial charge in [-0.3, -0.25) is 14.8 Å². The molecular formula is C25H22F3N7O. The zero-order valence-electron chi connectivity index (χ0n) is 19.2. The SMILES string of the molecule is Cc1ccc(NC(=O)c2cccc(C(F)(F)F)c2)cc1N(c1cc(NC2CC2)ncn1)c1ccn[nH]1. The number of carbonyl (C=O) groups is 1. The minimum atomic E-state index is -4.54. The third-order valence-electron chi connectivity index (χ3n) is 5.70. The summed E-state index contributed by atoms with van der Waals surface area (Å²) < 4.78 is 39.2. The monoisotopic (exact) mass is 493 g/mol. The first kappa shape index (κ1) is 23.3. The van der Waals surface area contributed by atoms with Crippen LogP contribution >= 0.6 is 0 Å². The number of nitrogens with zero attached hydrogens (tertiary/aromatic N) is 4. The number of nitrogens with one attached hydrogen (secondary N) is 3. The maximum Gasteiger partial charge on any atom is 0.416 e. The largest absolute Gasteiger partial charge is 0.416 e. The number of hydrogen-bond acceptors (Lipinski definition) is 6. The molecule has 0 aliphatic heterocycles. The molecule has 0 spiro atoms. The molecule has 8 nitrogen and oxygen atoms in total. The smallest absolute Gasteiger partial charge is 0.367 e. The second-order valence-electron chi connectivity index (χ2n) is 8.49. The maximum atomic E-state index is 13.1. The summed E-state index contributed by atoms with van der Waals surface area (Å²) >= 11 is 0. The van der Waals surface area contributed by atoms with Crippen molar-refractivity contribution in [1.29, 1.82) is 0 Å². The van der Waals surface area contributed by atoms with Crippen molar-refractivity contribution in [3.8, 4) is 0 Å². The number of aryl methyl sites for hydroxylation is 1. The first-order valence-corrected chi connectivity index (χ1v) is 11.3. The fraction of sp³-hybridized carbons (Fsp3) is 0.200. The Labute approximate surface area is 204 Å². The van der Waals surface area contributed by atoms with Crippen LogP contribution in [0.4, 0.5) is 42.0 Å². The number of alkyl halides is 3. The predicted octanol–water partition coefficient (Wildman–Crippen LogP) is 5.82. The molecule has 4 aromatic rings. The van der Waals surface area contributed by atoms with E-state index in [1.165, 1.54) is 18.5 Å². The fourth-order valence-electron chi connectivity index (χ4n) is 3.70. The van der Waals surface area contributed by atoms with Crippen molar-refractivity contribution in [3.63, 3.8) is 0 Å². The Bertz CT molecular complexity index is 1380. The number of anilines is 5. The highest BCUT2D eigenvalue weighted by Crippen LogP contribution is 2.37. The molecule has 1 aliphatic rings. The summed E-state index contributed by atoms with van der Waals surface area (Å²) in [4.78, 5) is 23.4. The third-order valence-corrected chi connectivity index (χ3v) is 5.70. The summed E-state index contributed by atoms with van der Waals surface area (Å²) in [6, 6.07) is 13.6. The molecule has 5 rings (SSSR count). The van der Waals surface area contributed by atoms with E-state index in [2.05, 4.69) is 30.8 Å². The lowest BCUT2D eigenvalue weighted by molar-refractivity contribution is -0.137. The average Bonchev–Trinajstić information content (AvgIpc) is 3.50. The number of H-pyrrole nitrogens is 1. The summed E-state index contributed by atoms with van der Waals surface area (Å²) in [5.41, 5.74) is 0.996. The normalized spacial score (nSPS) is 13.3. The first-order chi connectivity index (χ1) is 17.3. The Kier molecular flexibility index (Phi) is 6.05. The second kappa shape index (κ2) is 9.33. The molecule has 2 aromatic heterocycles. The van der Waals surface area contributed by atoms with Crippen molar-refractivity contribution in [2.24, 2.45) is 0 Å². The Morgan fingerprint density at radius 1 is 1.08 bits per heavy atom. The number of amides is 1. The van der Waals surface area contributed by atoms with Gasteiger partial charge in [0.05, 0.1) is 17.4 Å². The van der Waals surface area contributed by atoms with E-state index in [1.807, 2.05) is 24.0 Å². The lowest BCUT2D eigenvalue weighted by atomic mass is 10.1. The summed E-state index contributed by atoms with van der Waals surface area (Å²) in [5.74, 6) is 1.25. The standard InChI is InChI=1S/C25H22F3N7O/c1-15-5-6-19(33-24(36)16-3-2-4-17(11-16)25(26,27)28)12-20(15)35(22-9-10-31-34-22)23-13-21(29-14-30-23)32-18-7-8-18/h2-6,9-14,18H,7-8H2,1H3,(H,31,34)(H,33,36)(H,29,30,32). The molecule has 36 heavy (non-hydrogen) atoms. The number of aromatic nitrogens is 4. The molecule has 0 radical (unpaired) electrons. The van der Waals surface area contributed by atoms with E-state index in [-0.39, 0.29) is 5.56 Å². The molecule has 0 unspecified atom stereocenters. The summed E-state index contributed by atoms with van der Waals surface area (Å²) in [6.45, 7) is 1.90. The Balaban J connectivity index is 1.47. The lowest BCUT2D eigenvalue weighted by Gasteiger charge is -2.25. The molecule has 11 heteroatoms. The van der Waals surface area contributed by atoms with Crippen LogP contribution in [0.1, 0.15) is 34.3 Å². The molecule has 0 atom stereocenters. The number of hydrogen-bond donors (Lipinski definition) is 3. The average molecular weight is 493 g/mol. The van der Waals surface area contributed by atoms with Crippen LogP contribution in [0.2, 0.25) is 0 Å². The van der Waals surface area contributed by atoms with Gasteiger partial charge in [0.15, 0.2) is 0 Å². The quantitative estimate of drug-likeness (QED) is 0.300. The number of rotatable bonds is 7. The van der Waals surface area contributed by atoms with Crippen LogP contribution in [-0.2, 0) is 6.18 Å². The van der Waals surface area contributed by atoms with Gasteiger partial charge in [-0.2, -0.15) is 18.3 Å². The zero-order chi connectivity index (χ0) is 25.3. The highest BCUT2D eigenvalue weighted by Gasteiger charge is 2.31. The minimum absolute atomic E-state index is 0.0935. The number of carbonyl (C=O) groups excluding carboxylic acids is 1. The second-order valence-corrected chi connectivity index (χ2v) is 8.49. The molecular weight excluding hydrogens is 471 g/mol. The zero-order valence-corrected chi connectivity index (χ0v) is 19.2. The van der Waals surface area contributed by atoms with Crippen LogP contribution in [0.5, 0.6) is 0 Å². The van der Waals surface area contributed by atoms with Gasteiger partial charge in [-0.25, -0.2) is 9.97 Å². The van der Waals surface area contributed by atoms with E-state index >= 15 is 0 Å².